The van der Waals surface area contributed by atoms with Crippen LogP contribution in [-0.4, -0.2) is 25.3 Å². The van der Waals surface area contributed by atoms with Gasteiger partial charge in [-0.1, -0.05) is 11.6 Å². The third-order valence-corrected chi connectivity index (χ3v) is 2.88. The summed E-state index contributed by atoms with van der Waals surface area (Å²) in [6.45, 7) is 1.07. The van der Waals surface area contributed by atoms with Crippen molar-refractivity contribution in [2.24, 2.45) is 0 Å². The van der Waals surface area contributed by atoms with Crippen molar-refractivity contribution in [3.05, 3.63) is 33.2 Å². The molecule has 0 aromatic carbocycles. The van der Waals surface area contributed by atoms with Gasteiger partial charge in [-0.05, 0) is 0 Å². The Kier molecular flexibility index (Phi) is 2.82. The third-order valence-electron chi connectivity index (χ3n) is 2.68. The summed E-state index contributed by atoms with van der Waals surface area (Å²) >= 11 is 5.80. The third kappa shape index (κ3) is 1.93. The normalized spacial score (nSPS) is 25.7. The maximum Gasteiger partial charge on any atom is 0.183 e. The van der Waals surface area contributed by atoms with Crippen LogP contribution in [0.5, 0.6) is 0 Å². The molecule has 2 rings (SSSR count). The second-order valence-corrected chi connectivity index (χ2v) is 3.99. The molecule has 82 valence electrons. The van der Waals surface area contributed by atoms with Gasteiger partial charge in [0, 0.05) is 32.3 Å². The van der Waals surface area contributed by atoms with Gasteiger partial charge in [0.2, 0.25) is 0 Å². The van der Waals surface area contributed by atoms with Crippen LogP contribution in [0.25, 0.3) is 0 Å². The van der Waals surface area contributed by atoms with E-state index in [-0.39, 0.29) is 5.43 Å². The lowest BCUT2D eigenvalue weighted by Crippen LogP contribution is -2.31. The van der Waals surface area contributed by atoms with E-state index in [4.69, 9.17) is 21.1 Å². The van der Waals surface area contributed by atoms with Crippen LogP contribution in [0, 0.1) is 0 Å². The van der Waals surface area contributed by atoms with Crippen molar-refractivity contribution in [3.8, 4) is 0 Å². The molecule has 5 heteroatoms. The van der Waals surface area contributed by atoms with E-state index in [2.05, 4.69) is 4.98 Å². The second kappa shape index (κ2) is 3.96. The number of pyridine rings is 1. The Morgan fingerprint density at radius 3 is 2.93 bits per heavy atom. The topological polar surface area (TPSA) is 51.3 Å². The van der Waals surface area contributed by atoms with Gasteiger partial charge in [-0.25, -0.2) is 0 Å². The molecule has 0 bridgehead atoms. The maximum atomic E-state index is 11.3. The molecule has 1 aliphatic rings. The number of aromatic nitrogens is 1. The molecule has 0 aliphatic carbocycles. The van der Waals surface area contributed by atoms with Gasteiger partial charge in [0.1, 0.15) is 10.8 Å². The first-order chi connectivity index (χ1) is 7.16. The van der Waals surface area contributed by atoms with Crippen molar-refractivity contribution < 1.29 is 9.47 Å². The zero-order valence-corrected chi connectivity index (χ0v) is 9.13. The molecule has 0 saturated carbocycles. The first-order valence-electron chi connectivity index (χ1n) is 4.69. The fourth-order valence-corrected chi connectivity index (χ4v) is 1.99. The predicted molar refractivity (Wildman–Crippen MR) is 56.2 cm³/mol. The molecular weight excluding hydrogens is 218 g/mol. The predicted octanol–water partition coefficient (Wildman–Crippen LogP) is 1.29. The molecule has 1 aromatic heterocycles. The average molecular weight is 230 g/mol. The Morgan fingerprint density at radius 1 is 1.60 bits per heavy atom. The summed E-state index contributed by atoms with van der Waals surface area (Å²) < 4.78 is 10.7. The van der Waals surface area contributed by atoms with Crippen LogP contribution in [0.15, 0.2) is 16.9 Å². The number of rotatable bonds is 2. The number of ether oxygens (including phenoxy) is 2. The van der Waals surface area contributed by atoms with Gasteiger partial charge < -0.3 is 14.5 Å². The van der Waals surface area contributed by atoms with Gasteiger partial charge in [-0.3, -0.25) is 4.79 Å². The van der Waals surface area contributed by atoms with Gasteiger partial charge in [0.15, 0.2) is 5.43 Å². The zero-order valence-electron chi connectivity index (χ0n) is 8.38. The Balaban J connectivity index is 2.46. The van der Waals surface area contributed by atoms with E-state index in [0.29, 0.717) is 24.1 Å². The van der Waals surface area contributed by atoms with Crippen LogP contribution < -0.4 is 5.43 Å². The number of methoxy groups -OCH3 is 1. The fraction of sp³-hybridized carbons (Fsp3) is 0.500. The summed E-state index contributed by atoms with van der Waals surface area (Å²) in [5.41, 5.74) is 0.00132. The van der Waals surface area contributed by atoms with Gasteiger partial charge >= 0.3 is 0 Å². The minimum Gasteiger partial charge on any atom is -0.378 e. The Hall–Kier alpha value is -0.840. The van der Waals surface area contributed by atoms with E-state index in [0.717, 1.165) is 6.42 Å². The molecule has 1 N–H and O–H groups in total. The lowest BCUT2D eigenvalue weighted by atomic mass is 9.98. The van der Waals surface area contributed by atoms with Crippen LogP contribution in [-0.2, 0) is 15.1 Å². The van der Waals surface area contributed by atoms with Crippen molar-refractivity contribution in [1.82, 2.24) is 4.98 Å². The van der Waals surface area contributed by atoms with Gasteiger partial charge in [0.05, 0.1) is 12.3 Å². The van der Waals surface area contributed by atoms with Gasteiger partial charge in [0.25, 0.3) is 0 Å². The van der Waals surface area contributed by atoms with E-state index in [1.165, 1.54) is 12.1 Å². The lowest BCUT2D eigenvalue weighted by Gasteiger charge is -2.25. The molecule has 4 nitrogen and oxygen atoms in total. The fourth-order valence-electron chi connectivity index (χ4n) is 1.78. The van der Waals surface area contributed by atoms with Crippen LogP contribution in [0.4, 0.5) is 0 Å². The highest BCUT2D eigenvalue weighted by Gasteiger charge is 2.38. The van der Waals surface area contributed by atoms with E-state index < -0.39 is 5.60 Å². The molecule has 15 heavy (non-hydrogen) atoms. The molecular formula is C10H12ClNO3. The molecule has 1 saturated heterocycles. The standard InChI is InChI=1S/C10H12ClNO3/c1-14-10(2-3-15-6-10)8-4-7(13)5-9(11)12-8/h4-5H,2-3,6H2,1H3,(H,12,13). The van der Waals surface area contributed by atoms with Crippen molar-refractivity contribution >= 4 is 11.6 Å². The number of aromatic amines is 1. The van der Waals surface area contributed by atoms with Crippen molar-refractivity contribution in [3.63, 3.8) is 0 Å². The van der Waals surface area contributed by atoms with Gasteiger partial charge in [-0.15, -0.1) is 0 Å². The van der Waals surface area contributed by atoms with Crippen LogP contribution >= 0.6 is 11.6 Å². The summed E-state index contributed by atoms with van der Waals surface area (Å²) in [6.07, 6.45) is 0.722. The van der Waals surface area contributed by atoms with E-state index in [1.54, 1.807) is 7.11 Å². The largest absolute Gasteiger partial charge is 0.378 e. The second-order valence-electron chi connectivity index (χ2n) is 3.58. The van der Waals surface area contributed by atoms with Crippen LogP contribution in [0.2, 0.25) is 5.15 Å². The van der Waals surface area contributed by atoms with Crippen molar-refractivity contribution in [1.29, 1.82) is 0 Å². The molecule has 1 atom stereocenters. The summed E-state index contributed by atoms with van der Waals surface area (Å²) in [4.78, 5) is 14.3. The highest BCUT2D eigenvalue weighted by molar-refractivity contribution is 6.29. The van der Waals surface area contributed by atoms with Crippen LogP contribution in [0.1, 0.15) is 12.1 Å². The molecule has 1 fully saturated rings. The lowest BCUT2D eigenvalue weighted by molar-refractivity contribution is -0.0246. The zero-order chi connectivity index (χ0) is 10.9. The Bertz CT molecular complexity index is 409. The molecule has 1 aliphatic heterocycles. The highest BCUT2D eigenvalue weighted by Crippen LogP contribution is 2.32. The Labute approximate surface area is 92.2 Å². The summed E-state index contributed by atoms with van der Waals surface area (Å²) in [7, 11) is 1.61. The number of hydrogen-bond acceptors (Lipinski definition) is 3. The summed E-state index contributed by atoms with van der Waals surface area (Å²) in [6, 6.07) is 2.84. The molecule has 0 spiro atoms. The number of hydrogen-bond donors (Lipinski definition) is 1. The monoisotopic (exact) mass is 229 g/mol. The van der Waals surface area contributed by atoms with E-state index >= 15 is 0 Å². The average Bonchev–Trinajstić information content (AvgIpc) is 2.65. The highest BCUT2D eigenvalue weighted by atomic mass is 35.5. The number of halogens is 1. The Morgan fingerprint density at radius 2 is 2.40 bits per heavy atom. The first kappa shape index (κ1) is 10.7. The summed E-state index contributed by atoms with van der Waals surface area (Å²) in [5, 5.41) is 0.320. The first-order valence-corrected chi connectivity index (χ1v) is 5.07. The molecule has 1 unspecified atom stereocenters. The SMILES string of the molecule is COC1(c2cc(=O)cc(Cl)[nH]2)CCOC1. The van der Waals surface area contributed by atoms with Crippen LogP contribution in [0.3, 0.4) is 0 Å². The minimum atomic E-state index is -0.552. The molecule has 0 radical (unpaired) electrons. The molecule has 1 aromatic rings. The quantitative estimate of drug-likeness (QED) is 0.778. The summed E-state index contributed by atoms with van der Waals surface area (Å²) in [5.74, 6) is 0. The van der Waals surface area contributed by atoms with E-state index in [1.807, 2.05) is 0 Å². The van der Waals surface area contributed by atoms with Crippen molar-refractivity contribution in [2.75, 3.05) is 20.3 Å². The molecule has 0 amide bonds. The van der Waals surface area contributed by atoms with E-state index in [9.17, 15) is 4.79 Å². The minimum absolute atomic E-state index is 0.128. The molecule has 2 heterocycles. The number of H-pyrrole nitrogens is 1. The van der Waals surface area contributed by atoms with Crippen molar-refractivity contribution in [2.45, 2.75) is 12.0 Å². The maximum absolute atomic E-state index is 11.3. The number of nitrogens with one attached hydrogen (secondary N) is 1. The van der Waals surface area contributed by atoms with Gasteiger partial charge in [-0.2, -0.15) is 0 Å². The smallest absolute Gasteiger partial charge is 0.183 e.